The Balaban J connectivity index is 1.25. The summed E-state index contributed by atoms with van der Waals surface area (Å²) in [4.78, 5) is 33.0. The van der Waals surface area contributed by atoms with Gasteiger partial charge in [-0.3, -0.25) is 9.59 Å². The van der Waals surface area contributed by atoms with E-state index in [1.54, 1.807) is 12.3 Å². The quantitative estimate of drug-likeness (QED) is 0.532. The van der Waals surface area contributed by atoms with Crippen molar-refractivity contribution < 1.29 is 22.8 Å². The Bertz CT molecular complexity index is 1030. The number of pyridine rings is 1. The van der Waals surface area contributed by atoms with Crippen LogP contribution < -0.4 is 10.2 Å². The number of piperazine rings is 1. The number of amides is 2. The molecule has 1 aliphatic carbocycles. The van der Waals surface area contributed by atoms with Crippen molar-refractivity contribution in [1.82, 2.24) is 15.2 Å². The van der Waals surface area contributed by atoms with E-state index in [4.69, 9.17) is 0 Å². The molecule has 6 nitrogen and oxygen atoms in total. The summed E-state index contributed by atoms with van der Waals surface area (Å²) in [6, 6.07) is 8.39. The standard InChI is InChI=1S/C27H33F3N4O2/c28-27(29,30)23-11-5-4-10-22(23)26(36)34-17-15-33(16-18-34)21-12-13-24(32-19-21)25(35)31-14-6-9-20-7-2-1-3-8-20/h4-5,10-13,19-20H,1-3,6-9,14-18H2,(H,31,35). The van der Waals surface area contributed by atoms with Gasteiger partial charge in [0.05, 0.1) is 23.0 Å². The number of hydrogen-bond acceptors (Lipinski definition) is 4. The summed E-state index contributed by atoms with van der Waals surface area (Å²) in [5.74, 6) is -0.0108. The van der Waals surface area contributed by atoms with Crippen molar-refractivity contribution in [2.45, 2.75) is 51.1 Å². The maximum atomic E-state index is 13.3. The van der Waals surface area contributed by atoms with Crippen molar-refractivity contribution >= 4 is 17.5 Å². The molecular weight excluding hydrogens is 469 g/mol. The van der Waals surface area contributed by atoms with Gasteiger partial charge in [0.2, 0.25) is 0 Å². The monoisotopic (exact) mass is 502 g/mol. The van der Waals surface area contributed by atoms with Crippen LogP contribution in [-0.2, 0) is 6.18 Å². The Kier molecular flexibility index (Phi) is 8.48. The molecule has 2 heterocycles. The molecule has 2 aliphatic rings. The van der Waals surface area contributed by atoms with Gasteiger partial charge in [-0.2, -0.15) is 13.2 Å². The summed E-state index contributed by atoms with van der Waals surface area (Å²) in [5.41, 5.74) is -0.0701. The van der Waals surface area contributed by atoms with Crippen LogP contribution in [-0.4, -0.2) is 54.4 Å². The Morgan fingerprint density at radius 3 is 2.36 bits per heavy atom. The molecule has 2 fully saturated rings. The van der Waals surface area contributed by atoms with Gasteiger partial charge in [-0.25, -0.2) is 4.98 Å². The summed E-state index contributed by atoms with van der Waals surface area (Å²) in [6.07, 6.45) is 5.79. The molecule has 0 unspecified atom stereocenters. The number of hydrogen-bond donors (Lipinski definition) is 1. The molecule has 2 aromatic rings. The van der Waals surface area contributed by atoms with E-state index in [2.05, 4.69) is 10.3 Å². The lowest BCUT2D eigenvalue weighted by Crippen LogP contribution is -2.49. The molecular formula is C27H33F3N4O2. The predicted molar refractivity (Wildman–Crippen MR) is 132 cm³/mol. The second kappa shape index (κ2) is 11.8. The smallest absolute Gasteiger partial charge is 0.367 e. The summed E-state index contributed by atoms with van der Waals surface area (Å²) < 4.78 is 39.9. The third-order valence-electron chi connectivity index (χ3n) is 7.17. The maximum absolute atomic E-state index is 13.3. The predicted octanol–water partition coefficient (Wildman–Crippen LogP) is 5.15. The van der Waals surface area contributed by atoms with Gasteiger partial charge in [-0.1, -0.05) is 44.2 Å². The molecule has 1 aromatic carbocycles. The summed E-state index contributed by atoms with van der Waals surface area (Å²) in [6.45, 7) is 2.18. The molecule has 36 heavy (non-hydrogen) atoms. The SMILES string of the molecule is O=C(NCCCC1CCCCC1)c1ccc(N2CCN(C(=O)c3ccccc3C(F)(F)F)CC2)cn1. The first-order valence-corrected chi connectivity index (χ1v) is 12.8. The number of alkyl halides is 3. The van der Waals surface area contributed by atoms with Gasteiger partial charge in [-0.15, -0.1) is 0 Å². The lowest BCUT2D eigenvalue weighted by Gasteiger charge is -2.36. The molecule has 1 saturated heterocycles. The van der Waals surface area contributed by atoms with Crippen molar-refractivity contribution in [2.75, 3.05) is 37.6 Å². The van der Waals surface area contributed by atoms with Crippen LogP contribution in [0.3, 0.4) is 0 Å². The fourth-order valence-corrected chi connectivity index (χ4v) is 5.12. The van der Waals surface area contributed by atoms with Crippen LogP contribution in [0, 0.1) is 5.92 Å². The molecule has 1 aliphatic heterocycles. The molecule has 0 radical (unpaired) electrons. The summed E-state index contributed by atoms with van der Waals surface area (Å²) >= 11 is 0. The molecule has 0 atom stereocenters. The highest BCUT2D eigenvalue weighted by Gasteiger charge is 2.36. The first-order chi connectivity index (χ1) is 17.3. The highest BCUT2D eigenvalue weighted by Crippen LogP contribution is 2.32. The van der Waals surface area contributed by atoms with E-state index in [1.807, 2.05) is 11.0 Å². The van der Waals surface area contributed by atoms with E-state index in [1.165, 1.54) is 55.2 Å². The van der Waals surface area contributed by atoms with Crippen molar-refractivity contribution in [3.8, 4) is 0 Å². The highest BCUT2D eigenvalue weighted by molar-refractivity contribution is 5.96. The summed E-state index contributed by atoms with van der Waals surface area (Å²) in [5, 5.41) is 2.95. The maximum Gasteiger partial charge on any atom is 0.417 e. The molecule has 1 saturated carbocycles. The first kappa shape index (κ1) is 26.0. The summed E-state index contributed by atoms with van der Waals surface area (Å²) in [7, 11) is 0. The molecule has 1 N–H and O–H groups in total. The minimum atomic E-state index is -4.58. The van der Waals surface area contributed by atoms with Crippen LogP contribution in [0.4, 0.5) is 18.9 Å². The number of nitrogens with one attached hydrogen (secondary N) is 1. The van der Waals surface area contributed by atoms with Gasteiger partial charge < -0.3 is 15.1 Å². The highest BCUT2D eigenvalue weighted by atomic mass is 19.4. The number of benzene rings is 1. The van der Waals surface area contributed by atoms with Crippen LogP contribution in [0.5, 0.6) is 0 Å². The van der Waals surface area contributed by atoms with Gasteiger partial charge in [-0.05, 0) is 43.0 Å². The van der Waals surface area contributed by atoms with Gasteiger partial charge in [0.25, 0.3) is 11.8 Å². The van der Waals surface area contributed by atoms with E-state index >= 15 is 0 Å². The molecule has 9 heteroatoms. The number of nitrogens with zero attached hydrogens (tertiary/aromatic N) is 3. The number of rotatable bonds is 7. The third kappa shape index (κ3) is 6.56. The Labute approximate surface area is 209 Å². The van der Waals surface area contributed by atoms with Crippen molar-refractivity contribution in [2.24, 2.45) is 5.92 Å². The zero-order valence-corrected chi connectivity index (χ0v) is 20.4. The zero-order chi connectivity index (χ0) is 25.5. The Hall–Kier alpha value is -3.10. The van der Waals surface area contributed by atoms with Crippen LogP contribution in [0.15, 0.2) is 42.6 Å². The lowest BCUT2D eigenvalue weighted by atomic mass is 9.86. The first-order valence-electron chi connectivity index (χ1n) is 12.8. The van der Waals surface area contributed by atoms with Crippen LogP contribution in [0.25, 0.3) is 0 Å². The minimum absolute atomic E-state index is 0.191. The van der Waals surface area contributed by atoms with Gasteiger partial charge in [0.15, 0.2) is 0 Å². The zero-order valence-electron chi connectivity index (χ0n) is 20.4. The number of carbonyl (C=O) groups is 2. The minimum Gasteiger partial charge on any atom is -0.367 e. The third-order valence-corrected chi connectivity index (χ3v) is 7.17. The average molecular weight is 503 g/mol. The van der Waals surface area contributed by atoms with Gasteiger partial charge in [0, 0.05) is 32.7 Å². The van der Waals surface area contributed by atoms with Crippen LogP contribution >= 0.6 is 0 Å². The lowest BCUT2D eigenvalue weighted by molar-refractivity contribution is -0.138. The van der Waals surface area contributed by atoms with Crippen LogP contribution in [0.2, 0.25) is 0 Å². The van der Waals surface area contributed by atoms with Gasteiger partial charge in [0.1, 0.15) is 5.69 Å². The second-order valence-corrected chi connectivity index (χ2v) is 9.63. The largest absolute Gasteiger partial charge is 0.417 e. The average Bonchev–Trinajstić information content (AvgIpc) is 2.91. The number of anilines is 1. The number of carbonyl (C=O) groups excluding carboxylic acids is 2. The van der Waals surface area contributed by atoms with Crippen molar-refractivity contribution in [3.05, 3.63) is 59.4 Å². The Morgan fingerprint density at radius 2 is 1.69 bits per heavy atom. The molecule has 0 bridgehead atoms. The molecule has 194 valence electrons. The molecule has 1 aromatic heterocycles. The number of aromatic nitrogens is 1. The second-order valence-electron chi connectivity index (χ2n) is 9.63. The fraction of sp³-hybridized carbons (Fsp3) is 0.519. The van der Waals surface area contributed by atoms with E-state index < -0.39 is 17.6 Å². The van der Waals surface area contributed by atoms with E-state index in [-0.39, 0.29) is 11.5 Å². The fourth-order valence-electron chi connectivity index (χ4n) is 5.12. The van der Waals surface area contributed by atoms with Crippen molar-refractivity contribution in [1.29, 1.82) is 0 Å². The molecule has 4 rings (SSSR count). The van der Waals surface area contributed by atoms with Crippen molar-refractivity contribution in [3.63, 3.8) is 0 Å². The normalized spacial score (nSPS) is 17.2. The topological polar surface area (TPSA) is 65.5 Å². The Morgan fingerprint density at radius 1 is 0.972 bits per heavy atom. The molecule has 2 amide bonds. The molecule has 0 spiro atoms. The van der Waals surface area contributed by atoms with Crippen LogP contribution in [0.1, 0.15) is 71.4 Å². The van der Waals surface area contributed by atoms with E-state index in [9.17, 15) is 22.8 Å². The van der Waals surface area contributed by atoms with E-state index in [0.29, 0.717) is 38.4 Å². The van der Waals surface area contributed by atoms with E-state index in [0.717, 1.165) is 30.5 Å². The van der Waals surface area contributed by atoms with Gasteiger partial charge >= 0.3 is 6.18 Å². The number of halogens is 3.